The van der Waals surface area contributed by atoms with E-state index >= 15 is 0 Å². The fourth-order valence-corrected chi connectivity index (χ4v) is 3.91. The summed E-state index contributed by atoms with van der Waals surface area (Å²) in [5, 5.41) is 0. The average molecular weight is 261 g/mol. The molecule has 0 radical (unpaired) electrons. The molecule has 1 saturated heterocycles. The van der Waals surface area contributed by atoms with Crippen LogP contribution in [0.1, 0.15) is 48.0 Å². The van der Waals surface area contributed by atoms with Crippen LogP contribution in [-0.4, -0.2) is 42.9 Å². The predicted molar refractivity (Wildman–Crippen MR) is 73.0 cm³/mol. The fraction of sp³-hybridized carbons (Fsp3) is 1.00. The minimum Gasteiger partial charge on any atom is -0.294 e. The van der Waals surface area contributed by atoms with Gasteiger partial charge in [-0.25, -0.2) is 8.42 Å². The molecule has 1 aliphatic rings. The van der Waals surface area contributed by atoms with Gasteiger partial charge in [-0.15, -0.1) is 0 Å². The molecule has 1 fully saturated rings. The molecule has 1 aliphatic heterocycles. The standard InChI is InChI=1S/C13H27NO2S/c1-12(2,3)11-7-9-17(15,16)10-8-14(11)13(4,5)6/h11H,7-10H2,1-6H3. The highest BCUT2D eigenvalue weighted by Gasteiger charge is 2.39. The van der Waals surface area contributed by atoms with Gasteiger partial charge in [-0.2, -0.15) is 0 Å². The Morgan fingerprint density at radius 3 is 1.94 bits per heavy atom. The first-order valence-electron chi connectivity index (χ1n) is 6.41. The second-order valence-corrected chi connectivity index (χ2v) is 9.49. The first kappa shape index (κ1) is 15.0. The van der Waals surface area contributed by atoms with Gasteiger partial charge in [-0.1, -0.05) is 20.8 Å². The lowest BCUT2D eigenvalue weighted by molar-refractivity contribution is 0.0283. The summed E-state index contributed by atoms with van der Waals surface area (Å²) in [5.41, 5.74) is 0.144. The summed E-state index contributed by atoms with van der Waals surface area (Å²) in [5.74, 6) is 0.637. The molecule has 0 aromatic heterocycles. The van der Waals surface area contributed by atoms with Crippen molar-refractivity contribution in [3.8, 4) is 0 Å². The van der Waals surface area contributed by atoms with Gasteiger partial charge >= 0.3 is 0 Å². The third kappa shape index (κ3) is 3.95. The van der Waals surface area contributed by atoms with Crippen LogP contribution >= 0.6 is 0 Å². The van der Waals surface area contributed by atoms with Crippen LogP contribution in [0.3, 0.4) is 0 Å². The van der Waals surface area contributed by atoms with E-state index in [4.69, 9.17) is 0 Å². The smallest absolute Gasteiger partial charge is 0.151 e. The normalized spacial score (nSPS) is 27.8. The monoisotopic (exact) mass is 261 g/mol. The summed E-state index contributed by atoms with van der Waals surface area (Å²) in [4.78, 5) is 2.37. The van der Waals surface area contributed by atoms with Crippen molar-refractivity contribution < 1.29 is 8.42 Å². The molecule has 102 valence electrons. The van der Waals surface area contributed by atoms with Crippen molar-refractivity contribution in [1.29, 1.82) is 0 Å². The van der Waals surface area contributed by atoms with E-state index in [-0.39, 0.29) is 11.0 Å². The van der Waals surface area contributed by atoms with Crippen LogP contribution < -0.4 is 0 Å². The summed E-state index contributed by atoms with van der Waals surface area (Å²) in [6.45, 7) is 13.8. The molecule has 0 amide bonds. The third-order valence-corrected chi connectivity index (χ3v) is 5.25. The van der Waals surface area contributed by atoms with Crippen LogP contribution in [-0.2, 0) is 9.84 Å². The maximum Gasteiger partial charge on any atom is 0.151 e. The van der Waals surface area contributed by atoms with Crippen LogP contribution in [0.15, 0.2) is 0 Å². The molecule has 0 spiro atoms. The summed E-state index contributed by atoms with van der Waals surface area (Å²) >= 11 is 0. The highest BCUT2D eigenvalue weighted by molar-refractivity contribution is 7.91. The molecular weight excluding hydrogens is 234 g/mol. The molecule has 0 N–H and O–H groups in total. The Kier molecular flexibility index (Phi) is 4.00. The molecule has 1 heterocycles. The van der Waals surface area contributed by atoms with Gasteiger partial charge in [-0.05, 0) is 32.6 Å². The largest absolute Gasteiger partial charge is 0.294 e. The maximum absolute atomic E-state index is 11.8. The van der Waals surface area contributed by atoms with Crippen molar-refractivity contribution in [2.24, 2.45) is 5.41 Å². The molecule has 4 heteroatoms. The van der Waals surface area contributed by atoms with Crippen molar-refractivity contribution in [1.82, 2.24) is 4.90 Å². The maximum atomic E-state index is 11.8. The van der Waals surface area contributed by atoms with E-state index in [9.17, 15) is 8.42 Å². The molecule has 17 heavy (non-hydrogen) atoms. The quantitative estimate of drug-likeness (QED) is 0.671. The Bertz CT molecular complexity index is 330. The van der Waals surface area contributed by atoms with Crippen LogP contribution in [0.5, 0.6) is 0 Å². The Morgan fingerprint density at radius 2 is 1.53 bits per heavy atom. The second kappa shape index (κ2) is 4.54. The lowest BCUT2D eigenvalue weighted by Crippen LogP contribution is -2.53. The zero-order chi connectivity index (χ0) is 13.5. The van der Waals surface area contributed by atoms with E-state index in [0.29, 0.717) is 24.1 Å². The van der Waals surface area contributed by atoms with Crippen LogP contribution in [0.4, 0.5) is 0 Å². The van der Waals surface area contributed by atoms with E-state index in [1.807, 2.05) is 0 Å². The minimum absolute atomic E-state index is 0.0256. The Morgan fingerprint density at radius 1 is 1.00 bits per heavy atom. The molecule has 0 aromatic carbocycles. The lowest BCUT2D eigenvalue weighted by atomic mass is 9.82. The number of nitrogens with zero attached hydrogens (tertiary/aromatic N) is 1. The molecule has 3 nitrogen and oxygen atoms in total. The molecule has 0 aliphatic carbocycles. The van der Waals surface area contributed by atoms with Gasteiger partial charge in [-0.3, -0.25) is 4.90 Å². The SMILES string of the molecule is CC(C)(C)C1CCS(=O)(=O)CCN1C(C)(C)C. The predicted octanol–water partition coefficient (Wildman–Crippen LogP) is 2.32. The van der Waals surface area contributed by atoms with E-state index in [0.717, 1.165) is 6.42 Å². The van der Waals surface area contributed by atoms with Gasteiger partial charge in [0.05, 0.1) is 11.5 Å². The van der Waals surface area contributed by atoms with Gasteiger partial charge in [0.1, 0.15) is 0 Å². The van der Waals surface area contributed by atoms with Crippen LogP contribution in [0, 0.1) is 5.41 Å². The molecule has 1 unspecified atom stereocenters. The second-order valence-electron chi connectivity index (χ2n) is 7.19. The summed E-state index contributed by atoms with van der Waals surface area (Å²) < 4.78 is 23.6. The fourth-order valence-electron chi connectivity index (χ4n) is 2.65. The van der Waals surface area contributed by atoms with Crippen molar-refractivity contribution in [3.05, 3.63) is 0 Å². The molecular formula is C13H27NO2S. The van der Waals surface area contributed by atoms with Gasteiger partial charge in [0.2, 0.25) is 0 Å². The number of hydrogen-bond acceptors (Lipinski definition) is 3. The Hall–Kier alpha value is -0.0900. The van der Waals surface area contributed by atoms with Crippen molar-refractivity contribution in [2.45, 2.75) is 59.5 Å². The van der Waals surface area contributed by atoms with E-state index < -0.39 is 9.84 Å². The number of rotatable bonds is 0. The summed E-state index contributed by atoms with van der Waals surface area (Å²) in [6.07, 6.45) is 0.753. The van der Waals surface area contributed by atoms with E-state index in [2.05, 4.69) is 46.4 Å². The van der Waals surface area contributed by atoms with Crippen molar-refractivity contribution in [3.63, 3.8) is 0 Å². The number of sulfone groups is 1. The Labute approximate surface area is 106 Å². The first-order valence-corrected chi connectivity index (χ1v) is 8.23. The number of hydrogen-bond donors (Lipinski definition) is 0. The zero-order valence-electron chi connectivity index (χ0n) is 12.1. The van der Waals surface area contributed by atoms with Gasteiger partial charge in [0, 0.05) is 18.1 Å². The molecule has 0 aromatic rings. The highest BCUT2D eigenvalue weighted by atomic mass is 32.2. The first-order chi connectivity index (χ1) is 7.43. The third-order valence-electron chi connectivity index (χ3n) is 3.58. The lowest BCUT2D eigenvalue weighted by Gasteiger charge is -2.46. The average Bonchev–Trinajstić information content (AvgIpc) is 2.20. The zero-order valence-corrected chi connectivity index (χ0v) is 12.9. The van der Waals surface area contributed by atoms with Gasteiger partial charge in [0.15, 0.2) is 9.84 Å². The van der Waals surface area contributed by atoms with Gasteiger partial charge in [0.25, 0.3) is 0 Å². The molecule has 0 saturated carbocycles. The van der Waals surface area contributed by atoms with Crippen molar-refractivity contribution >= 4 is 9.84 Å². The van der Waals surface area contributed by atoms with E-state index in [1.165, 1.54) is 0 Å². The highest BCUT2D eigenvalue weighted by Crippen LogP contribution is 2.33. The van der Waals surface area contributed by atoms with Gasteiger partial charge < -0.3 is 0 Å². The van der Waals surface area contributed by atoms with Crippen LogP contribution in [0.25, 0.3) is 0 Å². The minimum atomic E-state index is -2.85. The molecule has 1 rings (SSSR count). The molecule has 0 bridgehead atoms. The topological polar surface area (TPSA) is 37.4 Å². The molecule has 1 atom stereocenters. The summed E-state index contributed by atoms with van der Waals surface area (Å²) in [6, 6.07) is 0.333. The Balaban J connectivity index is 3.05. The van der Waals surface area contributed by atoms with Crippen LogP contribution in [0.2, 0.25) is 0 Å². The van der Waals surface area contributed by atoms with E-state index in [1.54, 1.807) is 0 Å². The van der Waals surface area contributed by atoms with Crippen molar-refractivity contribution in [2.75, 3.05) is 18.1 Å². The summed E-state index contributed by atoms with van der Waals surface area (Å²) in [7, 11) is -2.85.